The molecule has 3 amide bonds. The summed E-state index contributed by atoms with van der Waals surface area (Å²) in [4.78, 5) is 48.7. The Hall–Kier alpha value is -4.15. The van der Waals surface area contributed by atoms with Gasteiger partial charge in [-0.2, -0.15) is 8.78 Å². The predicted octanol–water partition coefficient (Wildman–Crippen LogP) is 2.49. The van der Waals surface area contributed by atoms with Gasteiger partial charge in [0.2, 0.25) is 52.6 Å². The van der Waals surface area contributed by atoms with Crippen LogP contribution in [-0.2, 0) is 35.3 Å². The molecular formula is C28H32F5N3O8. The summed E-state index contributed by atoms with van der Waals surface area (Å²) in [5.74, 6) is -16.3. The number of hydrogen-bond acceptors (Lipinski definition) is 8. The van der Waals surface area contributed by atoms with Crippen molar-refractivity contribution >= 4 is 29.4 Å². The number of aliphatic hydroxyl groups excluding tert-OH is 1. The van der Waals surface area contributed by atoms with Gasteiger partial charge >= 0.3 is 5.97 Å². The average molecular weight is 634 g/mol. The smallest absolute Gasteiger partial charge is 0.313 e. The first-order valence-corrected chi connectivity index (χ1v) is 13.3. The van der Waals surface area contributed by atoms with Crippen molar-refractivity contribution in [1.29, 1.82) is 0 Å². The van der Waals surface area contributed by atoms with E-state index in [9.17, 15) is 41.1 Å². The summed E-state index contributed by atoms with van der Waals surface area (Å²) in [6, 6.07) is 5.55. The van der Waals surface area contributed by atoms with Crippen LogP contribution in [0.1, 0.15) is 32.3 Å². The lowest BCUT2D eigenvalue weighted by molar-refractivity contribution is -0.136. The average Bonchev–Trinajstić information content (AvgIpc) is 3.00. The monoisotopic (exact) mass is 633 g/mol. The number of carbonyl (C=O) groups excluding carboxylic acids is 4. The fourth-order valence-corrected chi connectivity index (χ4v) is 3.44. The van der Waals surface area contributed by atoms with E-state index in [1.165, 1.54) is 0 Å². The van der Waals surface area contributed by atoms with Crippen LogP contribution in [0, 0.1) is 35.0 Å². The fourth-order valence-electron chi connectivity index (χ4n) is 3.44. The lowest BCUT2D eigenvalue weighted by Gasteiger charge is -2.21. The number of aliphatic hydroxyl groups is 1. The molecule has 0 saturated heterocycles. The first-order chi connectivity index (χ1) is 20.8. The number of nitrogens with one attached hydrogen (secondary N) is 3. The number of ether oxygens (including phenoxy) is 3. The summed E-state index contributed by atoms with van der Waals surface area (Å²) in [5.41, 5.74) is 1.15. The Balaban J connectivity index is 1.62. The molecule has 0 heterocycles. The van der Waals surface area contributed by atoms with E-state index in [0.29, 0.717) is 11.3 Å². The van der Waals surface area contributed by atoms with E-state index in [1.54, 1.807) is 38.1 Å². The van der Waals surface area contributed by atoms with Crippen LogP contribution < -0.4 is 20.7 Å². The Morgan fingerprint density at radius 1 is 0.773 bits per heavy atom. The first-order valence-electron chi connectivity index (χ1n) is 13.3. The van der Waals surface area contributed by atoms with Gasteiger partial charge in [-0.05, 0) is 23.6 Å². The summed E-state index contributed by atoms with van der Waals surface area (Å²) < 4.78 is 81.1. The third-order valence-corrected chi connectivity index (χ3v) is 5.79. The third-order valence-electron chi connectivity index (χ3n) is 5.79. The van der Waals surface area contributed by atoms with Crippen LogP contribution in [0.15, 0.2) is 24.3 Å². The number of halogens is 5. The maximum atomic E-state index is 13.6. The molecule has 4 N–H and O–H groups in total. The van der Waals surface area contributed by atoms with Crippen LogP contribution in [-0.4, -0.2) is 67.8 Å². The largest absolute Gasteiger partial charge is 0.420 e. The zero-order valence-electron chi connectivity index (χ0n) is 23.8. The summed E-state index contributed by atoms with van der Waals surface area (Å²) in [5, 5.41) is 16.7. The fraction of sp³-hybridized carbons (Fsp3) is 0.429. The SMILES string of the molecule is CC(C)[C@H](NC(=O)CCOCCOCCC(=O)Oc1c(F)c(F)c(F)c(F)c1F)C(=O)NCC(=O)Nc1ccc(CO)cc1. The van der Waals surface area contributed by atoms with E-state index in [1.807, 2.05) is 0 Å². The maximum absolute atomic E-state index is 13.6. The second-order valence-electron chi connectivity index (χ2n) is 9.51. The minimum atomic E-state index is -2.38. The molecule has 2 rings (SSSR count). The van der Waals surface area contributed by atoms with Gasteiger partial charge in [0.05, 0.1) is 46.0 Å². The van der Waals surface area contributed by atoms with Crippen LogP contribution in [0.3, 0.4) is 0 Å². The summed E-state index contributed by atoms with van der Waals surface area (Å²) in [7, 11) is 0. The van der Waals surface area contributed by atoms with Crippen molar-refractivity contribution < 1.29 is 60.4 Å². The van der Waals surface area contributed by atoms with E-state index in [-0.39, 0.29) is 51.9 Å². The summed E-state index contributed by atoms with van der Waals surface area (Å²) >= 11 is 0. The van der Waals surface area contributed by atoms with Gasteiger partial charge in [-0.25, -0.2) is 13.2 Å². The summed E-state index contributed by atoms with van der Waals surface area (Å²) in [6.07, 6.45) is -0.686. The van der Waals surface area contributed by atoms with Crippen molar-refractivity contribution in [3.8, 4) is 5.75 Å². The molecule has 0 aliphatic carbocycles. The van der Waals surface area contributed by atoms with Crippen molar-refractivity contribution in [2.24, 2.45) is 5.92 Å². The van der Waals surface area contributed by atoms with Crippen molar-refractivity contribution in [1.82, 2.24) is 10.6 Å². The highest BCUT2D eigenvalue weighted by atomic mass is 19.2. The topological polar surface area (TPSA) is 152 Å². The molecule has 0 aliphatic rings. The highest BCUT2D eigenvalue weighted by molar-refractivity contribution is 5.96. The van der Waals surface area contributed by atoms with Crippen LogP contribution in [0.25, 0.3) is 0 Å². The van der Waals surface area contributed by atoms with Crippen LogP contribution >= 0.6 is 0 Å². The first kappa shape index (κ1) is 36.0. The molecule has 0 aromatic heterocycles. The lowest BCUT2D eigenvalue weighted by atomic mass is 10.0. The highest BCUT2D eigenvalue weighted by Gasteiger charge is 2.28. The molecule has 11 nitrogen and oxygen atoms in total. The van der Waals surface area contributed by atoms with Crippen LogP contribution in [0.4, 0.5) is 27.6 Å². The maximum Gasteiger partial charge on any atom is 0.313 e. The molecule has 0 saturated carbocycles. The number of amides is 3. The molecule has 0 aliphatic heterocycles. The number of carbonyl (C=O) groups is 4. The van der Waals surface area contributed by atoms with Gasteiger partial charge in [0.1, 0.15) is 6.04 Å². The number of benzene rings is 2. The predicted molar refractivity (Wildman–Crippen MR) is 144 cm³/mol. The quantitative estimate of drug-likeness (QED) is 0.0518. The lowest BCUT2D eigenvalue weighted by Crippen LogP contribution is -2.51. The van der Waals surface area contributed by atoms with Gasteiger partial charge in [0.25, 0.3) is 0 Å². The van der Waals surface area contributed by atoms with Crippen molar-refractivity contribution in [3.05, 3.63) is 58.9 Å². The molecule has 0 fully saturated rings. The molecule has 242 valence electrons. The minimum Gasteiger partial charge on any atom is -0.420 e. The molecule has 16 heteroatoms. The van der Waals surface area contributed by atoms with E-state index < -0.39 is 71.0 Å². The van der Waals surface area contributed by atoms with Crippen molar-refractivity contribution in [2.75, 3.05) is 38.3 Å². The molecule has 44 heavy (non-hydrogen) atoms. The van der Waals surface area contributed by atoms with Crippen molar-refractivity contribution in [2.45, 2.75) is 39.3 Å². The third kappa shape index (κ3) is 11.2. The van der Waals surface area contributed by atoms with Gasteiger partial charge in [-0.3, -0.25) is 19.2 Å². The molecule has 0 radical (unpaired) electrons. The Morgan fingerprint density at radius 2 is 1.32 bits per heavy atom. The van der Waals surface area contributed by atoms with Gasteiger partial charge in [-0.15, -0.1) is 0 Å². The molecule has 2 aromatic carbocycles. The van der Waals surface area contributed by atoms with Crippen LogP contribution in [0.5, 0.6) is 5.75 Å². The number of rotatable bonds is 17. The number of anilines is 1. The molecular weight excluding hydrogens is 601 g/mol. The minimum absolute atomic E-state index is 0.0219. The van der Waals surface area contributed by atoms with Crippen molar-refractivity contribution in [3.63, 3.8) is 0 Å². The molecule has 0 bridgehead atoms. The second kappa shape index (κ2) is 17.8. The molecule has 0 unspecified atom stereocenters. The Kier molecular flexibility index (Phi) is 14.6. The molecule has 0 spiro atoms. The van der Waals surface area contributed by atoms with Crippen LogP contribution in [0.2, 0.25) is 0 Å². The molecule has 2 aromatic rings. The van der Waals surface area contributed by atoms with E-state index in [0.717, 1.165) is 0 Å². The number of hydrogen-bond donors (Lipinski definition) is 4. The summed E-state index contributed by atoms with van der Waals surface area (Å²) in [6.45, 7) is 2.48. The van der Waals surface area contributed by atoms with Gasteiger partial charge in [0.15, 0.2) is 0 Å². The Morgan fingerprint density at radius 3 is 1.86 bits per heavy atom. The Labute approximate surface area is 249 Å². The van der Waals surface area contributed by atoms with E-state index >= 15 is 0 Å². The zero-order chi connectivity index (χ0) is 32.8. The highest BCUT2D eigenvalue weighted by Crippen LogP contribution is 2.29. The van der Waals surface area contributed by atoms with Gasteiger partial charge < -0.3 is 35.3 Å². The van der Waals surface area contributed by atoms with Gasteiger partial charge in [-0.1, -0.05) is 26.0 Å². The Bertz CT molecular complexity index is 1280. The molecule has 1 atom stereocenters. The zero-order valence-corrected chi connectivity index (χ0v) is 23.8. The van der Waals surface area contributed by atoms with Gasteiger partial charge in [0, 0.05) is 12.1 Å². The normalized spacial score (nSPS) is 11.7. The van der Waals surface area contributed by atoms with E-state index in [2.05, 4.69) is 20.7 Å². The second-order valence-corrected chi connectivity index (χ2v) is 9.51. The number of esters is 1. The van der Waals surface area contributed by atoms with E-state index in [4.69, 9.17) is 14.6 Å². The standard InChI is InChI=1S/C28H32F5N3O8/c1-15(2)26(28(41)34-13-19(39)35-17-5-3-16(14-37)4-6-17)36-18(38)7-9-42-11-12-43-10-8-20(40)44-27-24(32)22(30)21(29)23(31)25(27)33/h3-6,15,26,37H,7-14H2,1-2H3,(H,34,41)(H,35,39)(H,36,38)/t26-/m0/s1.